The Labute approximate surface area is 174 Å². The molecule has 0 bridgehead atoms. The Balaban J connectivity index is 1.71. The van der Waals surface area contributed by atoms with Gasteiger partial charge in [0.25, 0.3) is 0 Å². The average Bonchev–Trinajstić information content (AvgIpc) is 3.41. The van der Waals surface area contributed by atoms with Crippen molar-refractivity contribution >= 4 is 35.2 Å². The van der Waals surface area contributed by atoms with Crippen LogP contribution < -0.4 is 10.6 Å². The second-order valence-electron chi connectivity index (χ2n) is 6.99. The molecule has 3 aromatic rings. The van der Waals surface area contributed by atoms with Gasteiger partial charge < -0.3 is 15.6 Å². The summed E-state index contributed by atoms with van der Waals surface area (Å²) in [5.41, 5.74) is 9.88. The largest absolute Gasteiger partial charge is 0.369 e. The fourth-order valence-corrected chi connectivity index (χ4v) is 3.94. The van der Waals surface area contributed by atoms with Gasteiger partial charge in [-0.05, 0) is 32.4 Å². The molecule has 0 aliphatic carbocycles. The fraction of sp³-hybridized carbons (Fsp3) is 0.286. The molecule has 0 saturated carbocycles. The van der Waals surface area contributed by atoms with E-state index in [2.05, 4.69) is 29.9 Å². The molecular formula is C21H24N8O. The molecule has 0 amide bonds. The Kier molecular flexibility index (Phi) is 5.42. The molecule has 0 spiro atoms. The molecule has 3 aromatic heterocycles. The number of nitrogens with zero attached hydrogens (tertiary/aromatic N) is 6. The number of carbonyl (C=O) groups is 1. The molecule has 3 N–H and O–H groups in total. The highest BCUT2D eigenvalue weighted by molar-refractivity contribution is 6.02. The zero-order chi connectivity index (χ0) is 21.1. The summed E-state index contributed by atoms with van der Waals surface area (Å²) in [5.74, 6) is 0.231. The summed E-state index contributed by atoms with van der Waals surface area (Å²) in [6.07, 6.45) is 10.6. The van der Waals surface area contributed by atoms with E-state index in [1.807, 2.05) is 37.2 Å². The van der Waals surface area contributed by atoms with E-state index in [0.717, 1.165) is 53.8 Å². The Morgan fingerprint density at radius 3 is 2.90 bits per heavy atom. The number of carbonyl (C=O) groups excluding carboxylic acids is 1. The number of hydrogen-bond acceptors (Lipinski definition) is 8. The van der Waals surface area contributed by atoms with Crippen LogP contribution in [0.15, 0.2) is 47.6 Å². The quantitative estimate of drug-likeness (QED) is 0.281. The van der Waals surface area contributed by atoms with Crippen LogP contribution in [0.1, 0.15) is 20.3 Å². The van der Waals surface area contributed by atoms with E-state index in [0.29, 0.717) is 5.70 Å². The first kappa shape index (κ1) is 19.6. The normalized spacial score (nSPS) is 17.2. The molecule has 0 aromatic carbocycles. The third kappa shape index (κ3) is 3.49. The SMILES string of the molecule is C/C=N\N(/C(C=O)=C\C)[C@H]1CCN(c2ccnc3[nH]cc(-c4ccnc(N)n4)c23)C1. The summed E-state index contributed by atoms with van der Waals surface area (Å²) >= 11 is 0. The number of allylic oxidation sites excluding steroid dienone is 2. The van der Waals surface area contributed by atoms with E-state index in [-0.39, 0.29) is 12.0 Å². The number of aldehydes is 1. The van der Waals surface area contributed by atoms with Gasteiger partial charge in [-0.1, -0.05) is 6.08 Å². The highest BCUT2D eigenvalue weighted by Crippen LogP contribution is 2.36. The molecule has 4 rings (SSSR count). The second-order valence-corrected chi connectivity index (χ2v) is 6.99. The monoisotopic (exact) mass is 404 g/mol. The van der Waals surface area contributed by atoms with Crippen molar-refractivity contribution in [1.29, 1.82) is 0 Å². The van der Waals surface area contributed by atoms with Crippen molar-refractivity contribution in [2.24, 2.45) is 5.10 Å². The Morgan fingerprint density at radius 2 is 2.17 bits per heavy atom. The highest BCUT2D eigenvalue weighted by Gasteiger charge is 2.30. The topological polar surface area (TPSA) is 116 Å². The number of hydrogen-bond donors (Lipinski definition) is 2. The van der Waals surface area contributed by atoms with Crippen molar-refractivity contribution < 1.29 is 4.79 Å². The van der Waals surface area contributed by atoms with Gasteiger partial charge in [0, 0.05) is 43.5 Å². The van der Waals surface area contributed by atoms with Crippen molar-refractivity contribution in [2.75, 3.05) is 23.7 Å². The zero-order valence-electron chi connectivity index (χ0n) is 17.0. The number of nitrogens with two attached hydrogens (primary N) is 1. The van der Waals surface area contributed by atoms with Crippen molar-refractivity contribution in [1.82, 2.24) is 24.9 Å². The molecule has 1 fully saturated rings. The minimum atomic E-state index is 0.0953. The van der Waals surface area contributed by atoms with Crippen LogP contribution in [0.3, 0.4) is 0 Å². The number of aromatic amines is 1. The number of nitrogens with one attached hydrogen (secondary N) is 1. The van der Waals surface area contributed by atoms with Gasteiger partial charge in [0.05, 0.1) is 28.5 Å². The lowest BCUT2D eigenvalue weighted by Crippen LogP contribution is -2.34. The molecule has 4 heterocycles. The van der Waals surface area contributed by atoms with E-state index in [4.69, 9.17) is 5.73 Å². The third-order valence-electron chi connectivity index (χ3n) is 5.27. The number of hydrazone groups is 1. The zero-order valence-corrected chi connectivity index (χ0v) is 17.0. The minimum absolute atomic E-state index is 0.0953. The van der Waals surface area contributed by atoms with Crippen molar-refractivity contribution in [3.8, 4) is 11.3 Å². The van der Waals surface area contributed by atoms with Crippen LogP contribution >= 0.6 is 0 Å². The molecule has 0 unspecified atom stereocenters. The van der Waals surface area contributed by atoms with E-state index >= 15 is 0 Å². The molecule has 1 aliphatic rings. The van der Waals surface area contributed by atoms with Gasteiger partial charge in [-0.2, -0.15) is 5.10 Å². The van der Waals surface area contributed by atoms with E-state index in [1.54, 1.807) is 24.7 Å². The Hall–Kier alpha value is -3.75. The van der Waals surface area contributed by atoms with E-state index < -0.39 is 0 Å². The van der Waals surface area contributed by atoms with Crippen LogP contribution in [0.25, 0.3) is 22.3 Å². The van der Waals surface area contributed by atoms with Crippen molar-refractivity contribution in [2.45, 2.75) is 26.3 Å². The summed E-state index contributed by atoms with van der Waals surface area (Å²) in [4.78, 5) is 29.9. The van der Waals surface area contributed by atoms with Gasteiger partial charge in [-0.15, -0.1) is 0 Å². The van der Waals surface area contributed by atoms with Crippen LogP contribution in [0.5, 0.6) is 0 Å². The molecule has 1 saturated heterocycles. The summed E-state index contributed by atoms with van der Waals surface area (Å²) in [7, 11) is 0. The van der Waals surface area contributed by atoms with Gasteiger partial charge >= 0.3 is 0 Å². The van der Waals surface area contributed by atoms with Crippen molar-refractivity contribution in [3.63, 3.8) is 0 Å². The Bertz CT molecular complexity index is 1120. The smallest absolute Gasteiger partial charge is 0.220 e. The number of H-pyrrole nitrogens is 1. The maximum atomic E-state index is 11.5. The van der Waals surface area contributed by atoms with Gasteiger partial charge in [0.1, 0.15) is 5.65 Å². The highest BCUT2D eigenvalue weighted by atomic mass is 16.1. The number of aromatic nitrogens is 4. The summed E-state index contributed by atoms with van der Waals surface area (Å²) in [5, 5.41) is 7.24. The van der Waals surface area contributed by atoms with Crippen LogP contribution in [-0.4, -0.2) is 56.6 Å². The van der Waals surface area contributed by atoms with Crippen LogP contribution in [0, 0.1) is 0 Å². The summed E-state index contributed by atoms with van der Waals surface area (Å²) < 4.78 is 0. The van der Waals surface area contributed by atoms with Crippen LogP contribution in [0.2, 0.25) is 0 Å². The molecule has 9 heteroatoms. The standard InChI is InChI=1S/C21H24N8O/c1-3-14(13-30)29(26-4-2)15-7-10-28(12-15)18-6-9-23-20-19(18)16(11-25-20)17-5-8-24-21(22)27-17/h3-6,8-9,11,13,15H,7,10,12H2,1-2H3,(H,23,25)(H2,22,24,27)/b14-3-,26-4-/t15-/m0/s1. The minimum Gasteiger partial charge on any atom is -0.369 e. The molecule has 154 valence electrons. The molecule has 1 atom stereocenters. The number of nitrogen functional groups attached to an aromatic ring is 1. The summed E-state index contributed by atoms with van der Waals surface area (Å²) in [6, 6.07) is 3.94. The molecule has 1 aliphatic heterocycles. The number of fused-ring (bicyclic) bond motifs is 1. The first-order valence-corrected chi connectivity index (χ1v) is 9.85. The molecule has 30 heavy (non-hydrogen) atoms. The van der Waals surface area contributed by atoms with Gasteiger partial charge in [0.15, 0.2) is 6.29 Å². The van der Waals surface area contributed by atoms with E-state index in [1.165, 1.54) is 0 Å². The third-order valence-corrected chi connectivity index (χ3v) is 5.27. The number of rotatable bonds is 6. The first-order valence-electron chi connectivity index (χ1n) is 9.85. The first-order chi connectivity index (χ1) is 14.7. The predicted octanol–water partition coefficient (Wildman–Crippen LogP) is 2.59. The van der Waals surface area contributed by atoms with Crippen LogP contribution in [-0.2, 0) is 4.79 Å². The molecule has 9 nitrogen and oxygen atoms in total. The maximum Gasteiger partial charge on any atom is 0.220 e. The maximum absolute atomic E-state index is 11.5. The lowest BCUT2D eigenvalue weighted by Gasteiger charge is -2.26. The number of anilines is 2. The molecular weight excluding hydrogens is 380 g/mol. The van der Waals surface area contributed by atoms with Gasteiger partial charge in [-0.3, -0.25) is 9.80 Å². The lowest BCUT2D eigenvalue weighted by atomic mass is 10.1. The Morgan fingerprint density at radius 1 is 1.33 bits per heavy atom. The van der Waals surface area contributed by atoms with Crippen molar-refractivity contribution in [3.05, 3.63) is 42.5 Å². The number of pyridine rings is 1. The fourth-order valence-electron chi connectivity index (χ4n) is 3.94. The van der Waals surface area contributed by atoms with Gasteiger partial charge in [0.2, 0.25) is 5.95 Å². The van der Waals surface area contributed by atoms with Gasteiger partial charge in [-0.25, -0.2) is 15.0 Å². The second kappa shape index (κ2) is 8.32. The van der Waals surface area contributed by atoms with E-state index in [9.17, 15) is 4.79 Å². The average molecular weight is 404 g/mol. The molecule has 0 radical (unpaired) electrons. The predicted molar refractivity (Wildman–Crippen MR) is 118 cm³/mol. The van der Waals surface area contributed by atoms with Crippen LogP contribution in [0.4, 0.5) is 11.6 Å². The summed E-state index contributed by atoms with van der Waals surface area (Å²) in [6.45, 7) is 5.27. The lowest BCUT2D eigenvalue weighted by molar-refractivity contribution is -0.106.